The fourth-order valence-electron chi connectivity index (χ4n) is 2.30. The number of phenolic OH excluding ortho intramolecular Hbond substituents is 1. The predicted molar refractivity (Wildman–Crippen MR) is 114 cm³/mol. The van der Waals surface area contributed by atoms with Crippen molar-refractivity contribution in [2.24, 2.45) is 0 Å². The summed E-state index contributed by atoms with van der Waals surface area (Å²) in [5.41, 5.74) is 1.09. The van der Waals surface area contributed by atoms with Crippen molar-refractivity contribution in [2.75, 3.05) is 12.0 Å². The van der Waals surface area contributed by atoms with Crippen LogP contribution < -0.4 is 9.64 Å². The van der Waals surface area contributed by atoms with Crippen LogP contribution in [-0.4, -0.2) is 22.4 Å². The molecule has 134 valence electrons. The van der Waals surface area contributed by atoms with Crippen molar-refractivity contribution < 1.29 is 19.0 Å². The van der Waals surface area contributed by atoms with Gasteiger partial charge in [0.1, 0.15) is 5.82 Å². The fraction of sp³-hybridized carbons (Fsp3) is 0.0588. The van der Waals surface area contributed by atoms with E-state index in [1.165, 1.54) is 30.2 Å². The largest absolute Gasteiger partial charge is 0.504 e. The molecule has 1 aliphatic heterocycles. The molecule has 9 heteroatoms. The summed E-state index contributed by atoms with van der Waals surface area (Å²) in [5.74, 6) is -0.547. The number of anilines is 1. The van der Waals surface area contributed by atoms with Gasteiger partial charge in [-0.3, -0.25) is 9.69 Å². The number of hydrogen-bond acceptors (Lipinski definition) is 5. The third kappa shape index (κ3) is 3.68. The first-order valence-electron chi connectivity index (χ1n) is 7.11. The van der Waals surface area contributed by atoms with E-state index in [-0.39, 0.29) is 16.7 Å². The molecule has 4 nitrogen and oxygen atoms in total. The number of halogens is 3. The molecule has 0 saturated carbocycles. The van der Waals surface area contributed by atoms with Gasteiger partial charge in [0, 0.05) is 0 Å². The number of thioether (sulfide) groups is 1. The van der Waals surface area contributed by atoms with Crippen LogP contribution in [0.4, 0.5) is 10.1 Å². The van der Waals surface area contributed by atoms with Crippen LogP contribution in [0.25, 0.3) is 6.08 Å². The van der Waals surface area contributed by atoms with Crippen LogP contribution in [0, 0.1) is 9.39 Å². The molecule has 2 aromatic rings. The van der Waals surface area contributed by atoms with Crippen molar-refractivity contribution in [1.29, 1.82) is 0 Å². The van der Waals surface area contributed by atoms with Gasteiger partial charge in [-0.1, -0.05) is 35.6 Å². The summed E-state index contributed by atoms with van der Waals surface area (Å²) in [5, 5.41) is 9.83. The zero-order chi connectivity index (χ0) is 19.0. The third-order valence-corrected chi connectivity index (χ3v) is 5.94. The average molecular weight is 522 g/mol. The molecule has 0 aliphatic carbocycles. The number of phenols is 1. The molecule has 1 N–H and O–H groups in total. The normalized spacial score (nSPS) is 15.8. The van der Waals surface area contributed by atoms with Gasteiger partial charge in [0.25, 0.3) is 5.91 Å². The number of methoxy groups -OCH3 is 1. The highest BCUT2D eigenvalue weighted by atomic mass is 127. The molecule has 1 fully saturated rings. The first-order chi connectivity index (χ1) is 12.3. The summed E-state index contributed by atoms with van der Waals surface area (Å²) in [7, 11) is 1.45. The first-order valence-corrected chi connectivity index (χ1v) is 9.79. The SMILES string of the molecule is COc1cc(/C=C2/SC(=S)N(c3ccc(F)c(Cl)c3)C2=O)cc(I)c1O. The third-order valence-electron chi connectivity index (χ3n) is 3.52. The number of rotatable bonds is 3. The Morgan fingerprint density at radius 3 is 2.77 bits per heavy atom. The monoisotopic (exact) mass is 521 g/mol. The lowest BCUT2D eigenvalue weighted by Crippen LogP contribution is -2.27. The Bertz CT molecular complexity index is 967. The Balaban J connectivity index is 1.97. The molecular weight excluding hydrogens is 512 g/mol. The van der Waals surface area contributed by atoms with E-state index in [0.29, 0.717) is 29.8 Å². The fourth-order valence-corrected chi connectivity index (χ4v) is 4.40. The molecule has 0 bridgehead atoms. The van der Waals surface area contributed by atoms with Crippen molar-refractivity contribution >= 4 is 80.2 Å². The lowest BCUT2D eigenvalue weighted by Gasteiger charge is -2.14. The van der Waals surface area contributed by atoms with Gasteiger partial charge in [-0.15, -0.1) is 0 Å². The minimum Gasteiger partial charge on any atom is -0.504 e. The zero-order valence-electron chi connectivity index (χ0n) is 13.1. The van der Waals surface area contributed by atoms with Gasteiger partial charge in [-0.2, -0.15) is 0 Å². The highest BCUT2D eigenvalue weighted by molar-refractivity contribution is 14.1. The predicted octanol–water partition coefficient (Wildman–Crippen LogP) is 5.20. The van der Waals surface area contributed by atoms with Gasteiger partial charge in [0.2, 0.25) is 0 Å². The lowest BCUT2D eigenvalue weighted by molar-refractivity contribution is -0.113. The van der Waals surface area contributed by atoms with Crippen LogP contribution in [-0.2, 0) is 4.79 Å². The molecule has 0 aromatic heterocycles. The number of aromatic hydroxyl groups is 1. The molecule has 1 heterocycles. The van der Waals surface area contributed by atoms with Crippen LogP contribution in [0.3, 0.4) is 0 Å². The Kier molecular flexibility index (Phi) is 5.75. The van der Waals surface area contributed by atoms with Crippen molar-refractivity contribution in [3.8, 4) is 11.5 Å². The van der Waals surface area contributed by atoms with Gasteiger partial charge < -0.3 is 9.84 Å². The smallest absolute Gasteiger partial charge is 0.270 e. The Morgan fingerprint density at radius 2 is 2.12 bits per heavy atom. The number of ether oxygens (including phenoxy) is 1. The van der Waals surface area contributed by atoms with E-state index < -0.39 is 5.82 Å². The topological polar surface area (TPSA) is 49.8 Å². The molecule has 0 spiro atoms. The lowest BCUT2D eigenvalue weighted by atomic mass is 10.2. The van der Waals surface area contributed by atoms with Gasteiger partial charge in [-0.05, 0) is 64.6 Å². The molecule has 0 radical (unpaired) electrons. The molecule has 0 atom stereocenters. The summed E-state index contributed by atoms with van der Waals surface area (Å²) in [4.78, 5) is 14.5. The van der Waals surface area contributed by atoms with E-state index in [1.807, 2.05) is 22.6 Å². The van der Waals surface area contributed by atoms with Gasteiger partial charge in [0.15, 0.2) is 15.8 Å². The molecule has 26 heavy (non-hydrogen) atoms. The molecule has 2 aromatic carbocycles. The van der Waals surface area contributed by atoms with Crippen LogP contribution >= 0.6 is 58.2 Å². The summed E-state index contributed by atoms with van der Waals surface area (Å²) in [6.45, 7) is 0. The van der Waals surface area contributed by atoms with Crippen LogP contribution in [0.5, 0.6) is 11.5 Å². The van der Waals surface area contributed by atoms with Crippen molar-refractivity contribution in [3.63, 3.8) is 0 Å². The summed E-state index contributed by atoms with van der Waals surface area (Å²) in [6, 6.07) is 7.34. The molecule has 1 saturated heterocycles. The second-order valence-electron chi connectivity index (χ2n) is 5.17. The molecule has 3 rings (SSSR count). The number of amides is 1. The maximum Gasteiger partial charge on any atom is 0.270 e. The Labute approximate surface area is 177 Å². The van der Waals surface area contributed by atoms with Crippen molar-refractivity contribution in [3.05, 3.63) is 55.2 Å². The second-order valence-corrected chi connectivity index (χ2v) is 8.41. The molecule has 0 unspecified atom stereocenters. The van der Waals surface area contributed by atoms with Crippen LogP contribution in [0.1, 0.15) is 5.56 Å². The van der Waals surface area contributed by atoms with Crippen LogP contribution in [0.2, 0.25) is 5.02 Å². The highest BCUT2D eigenvalue weighted by Crippen LogP contribution is 2.39. The Morgan fingerprint density at radius 1 is 1.38 bits per heavy atom. The highest BCUT2D eigenvalue weighted by Gasteiger charge is 2.33. The van der Waals surface area contributed by atoms with Crippen LogP contribution in [0.15, 0.2) is 35.2 Å². The number of benzene rings is 2. The number of nitrogens with zero attached hydrogens (tertiary/aromatic N) is 1. The Hall–Kier alpha value is -1.36. The van der Waals surface area contributed by atoms with Gasteiger partial charge >= 0.3 is 0 Å². The number of thiocarbonyl (C=S) groups is 1. The average Bonchev–Trinajstić information content (AvgIpc) is 2.87. The minimum atomic E-state index is -0.567. The van der Waals surface area contributed by atoms with E-state index in [2.05, 4.69) is 0 Å². The van der Waals surface area contributed by atoms with Gasteiger partial charge in [-0.25, -0.2) is 4.39 Å². The van der Waals surface area contributed by atoms with Gasteiger partial charge in [0.05, 0.1) is 26.3 Å². The van der Waals surface area contributed by atoms with E-state index in [9.17, 15) is 14.3 Å². The summed E-state index contributed by atoms with van der Waals surface area (Å²) in [6.07, 6.45) is 1.66. The van der Waals surface area contributed by atoms with Crippen molar-refractivity contribution in [1.82, 2.24) is 0 Å². The minimum absolute atomic E-state index is 0.0405. The number of carbonyl (C=O) groups is 1. The van der Waals surface area contributed by atoms with Crippen molar-refractivity contribution in [2.45, 2.75) is 0 Å². The first kappa shape index (κ1) is 19.4. The van der Waals surface area contributed by atoms with E-state index in [1.54, 1.807) is 18.2 Å². The quantitative estimate of drug-likeness (QED) is 0.342. The maximum absolute atomic E-state index is 13.4. The summed E-state index contributed by atoms with van der Waals surface area (Å²) >= 11 is 14.2. The summed E-state index contributed by atoms with van der Waals surface area (Å²) < 4.78 is 19.4. The second kappa shape index (κ2) is 7.71. The standard InChI is InChI=1S/C17H10ClFINO3S2/c1-24-13-5-8(4-12(20)15(13)22)6-14-16(23)21(17(25)26-14)9-2-3-11(19)10(18)7-9/h2-7,22H,1H3/b14-6+. The zero-order valence-corrected chi connectivity index (χ0v) is 17.7. The van der Waals surface area contributed by atoms with E-state index in [4.69, 9.17) is 28.6 Å². The van der Waals surface area contributed by atoms with E-state index >= 15 is 0 Å². The maximum atomic E-state index is 13.4. The number of hydrogen-bond donors (Lipinski definition) is 1. The molecule has 1 aliphatic rings. The van der Waals surface area contributed by atoms with E-state index in [0.717, 1.165) is 11.8 Å². The molecule has 1 amide bonds. The molecular formula is C17H10ClFINO3S2. The number of carbonyl (C=O) groups excluding carboxylic acids is 1.